The van der Waals surface area contributed by atoms with Crippen molar-refractivity contribution in [1.29, 1.82) is 0 Å². The molecule has 1 rings (SSSR count). The van der Waals surface area contributed by atoms with Crippen LogP contribution in [0.15, 0.2) is 11.1 Å². The van der Waals surface area contributed by atoms with Gasteiger partial charge in [-0.2, -0.15) is 0 Å². The Bertz CT molecular complexity index is 429. The van der Waals surface area contributed by atoms with Gasteiger partial charge in [-0.3, -0.25) is 4.79 Å². The van der Waals surface area contributed by atoms with Crippen LogP contribution in [0.4, 0.5) is 0 Å². The van der Waals surface area contributed by atoms with Crippen LogP contribution in [0.25, 0.3) is 0 Å². The van der Waals surface area contributed by atoms with Gasteiger partial charge in [0.2, 0.25) is 5.91 Å². The Balaban J connectivity index is 3.12. The Morgan fingerprint density at radius 2 is 2.00 bits per heavy atom. The Kier molecular flexibility index (Phi) is 6.36. The summed E-state index contributed by atoms with van der Waals surface area (Å²) in [6.07, 6.45) is 1.40. The van der Waals surface area contributed by atoms with Gasteiger partial charge in [-0.15, -0.1) is 0 Å². The van der Waals surface area contributed by atoms with Gasteiger partial charge in [-0.05, 0) is 31.8 Å². The fraction of sp³-hybridized carbons (Fsp3) is 0.733. The minimum atomic E-state index is -0.970. The highest BCUT2D eigenvalue weighted by Gasteiger charge is 2.39. The number of amides is 1. The van der Waals surface area contributed by atoms with Crippen LogP contribution in [-0.2, 0) is 14.3 Å². The molecule has 0 heterocycles. The molecular formula is C15H26N2O4. The quantitative estimate of drug-likeness (QED) is 0.684. The van der Waals surface area contributed by atoms with Crippen molar-refractivity contribution < 1.29 is 19.4 Å². The first kappa shape index (κ1) is 17.7. The lowest BCUT2D eigenvalue weighted by atomic mass is 9.83. The number of carbonyl (C=O) groups excluding carboxylic acids is 1. The Morgan fingerprint density at radius 3 is 2.43 bits per heavy atom. The standard InChI is InChI=1S/C15H26N2O4/c1-5-10(6-2)21-14-8(3)11(15(19)20)7-12(16)13(14)17-9(4)18/h10,12-14H,5-7,16H2,1-4H3,(H,17,18)(H,19,20)/t12-,13+,14+/m0/s1. The van der Waals surface area contributed by atoms with Crippen molar-refractivity contribution in [2.75, 3.05) is 0 Å². The molecule has 120 valence electrons. The molecule has 0 bridgehead atoms. The highest BCUT2D eigenvalue weighted by Crippen LogP contribution is 2.29. The van der Waals surface area contributed by atoms with Crippen LogP contribution in [-0.4, -0.2) is 41.3 Å². The zero-order chi connectivity index (χ0) is 16.2. The summed E-state index contributed by atoms with van der Waals surface area (Å²) in [7, 11) is 0. The maximum atomic E-state index is 11.4. The molecule has 0 aromatic heterocycles. The van der Waals surface area contributed by atoms with Gasteiger partial charge in [0.1, 0.15) is 6.10 Å². The third kappa shape index (κ3) is 4.28. The van der Waals surface area contributed by atoms with Crippen LogP contribution < -0.4 is 11.1 Å². The van der Waals surface area contributed by atoms with E-state index in [0.29, 0.717) is 11.1 Å². The van der Waals surface area contributed by atoms with Crippen molar-refractivity contribution in [3.63, 3.8) is 0 Å². The maximum Gasteiger partial charge on any atom is 0.331 e. The molecule has 0 aromatic carbocycles. The fourth-order valence-electron chi connectivity index (χ4n) is 2.74. The number of rotatable bonds is 6. The summed E-state index contributed by atoms with van der Waals surface area (Å²) in [6, 6.07) is -0.866. The maximum absolute atomic E-state index is 11.4. The summed E-state index contributed by atoms with van der Waals surface area (Å²) >= 11 is 0. The van der Waals surface area contributed by atoms with E-state index in [-0.39, 0.29) is 18.4 Å². The highest BCUT2D eigenvalue weighted by molar-refractivity contribution is 5.88. The fourth-order valence-corrected chi connectivity index (χ4v) is 2.74. The smallest absolute Gasteiger partial charge is 0.331 e. The molecule has 3 atom stereocenters. The molecule has 6 nitrogen and oxygen atoms in total. The first-order chi connectivity index (χ1) is 9.81. The van der Waals surface area contributed by atoms with Crippen molar-refractivity contribution in [2.45, 2.75) is 71.2 Å². The third-order valence-corrected chi connectivity index (χ3v) is 4.01. The number of carbonyl (C=O) groups is 2. The lowest BCUT2D eigenvalue weighted by Gasteiger charge is -2.39. The zero-order valence-electron chi connectivity index (χ0n) is 13.2. The highest BCUT2D eigenvalue weighted by atomic mass is 16.5. The summed E-state index contributed by atoms with van der Waals surface area (Å²) in [4.78, 5) is 22.7. The number of hydrogen-bond donors (Lipinski definition) is 3. The van der Waals surface area contributed by atoms with Gasteiger partial charge in [0.15, 0.2) is 0 Å². The van der Waals surface area contributed by atoms with Gasteiger partial charge < -0.3 is 20.9 Å². The summed E-state index contributed by atoms with van der Waals surface area (Å²) < 4.78 is 6.05. The third-order valence-electron chi connectivity index (χ3n) is 4.01. The molecule has 0 unspecified atom stereocenters. The Morgan fingerprint density at radius 1 is 1.43 bits per heavy atom. The average molecular weight is 298 g/mol. The number of nitrogens with two attached hydrogens (primary N) is 1. The minimum Gasteiger partial charge on any atom is -0.478 e. The van der Waals surface area contributed by atoms with Crippen LogP contribution in [0.5, 0.6) is 0 Å². The molecule has 0 aliphatic heterocycles. The van der Waals surface area contributed by atoms with Gasteiger partial charge in [0.05, 0.1) is 12.1 Å². The number of carboxylic acids is 1. The van der Waals surface area contributed by atoms with E-state index in [9.17, 15) is 14.7 Å². The molecule has 0 spiro atoms. The molecule has 1 aliphatic carbocycles. The predicted molar refractivity (Wildman–Crippen MR) is 79.8 cm³/mol. The van der Waals surface area contributed by atoms with Crippen molar-refractivity contribution >= 4 is 11.9 Å². The summed E-state index contributed by atoms with van der Waals surface area (Å²) in [6.45, 7) is 7.20. The average Bonchev–Trinajstić information content (AvgIpc) is 2.41. The lowest BCUT2D eigenvalue weighted by molar-refractivity contribution is -0.133. The van der Waals surface area contributed by atoms with Crippen LogP contribution in [0.2, 0.25) is 0 Å². The second-order valence-corrected chi connectivity index (χ2v) is 5.56. The van der Waals surface area contributed by atoms with Crippen molar-refractivity contribution in [1.82, 2.24) is 5.32 Å². The molecule has 0 aromatic rings. The molecule has 0 saturated carbocycles. The summed E-state index contributed by atoms with van der Waals surface area (Å²) in [5.74, 6) is -1.16. The van der Waals surface area contributed by atoms with Crippen molar-refractivity contribution in [3.05, 3.63) is 11.1 Å². The summed E-state index contributed by atoms with van der Waals surface area (Å²) in [5.41, 5.74) is 7.01. The minimum absolute atomic E-state index is 0.0153. The first-order valence-corrected chi connectivity index (χ1v) is 7.42. The van der Waals surface area contributed by atoms with Crippen LogP contribution in [0.1, 0.15) is 47.0 Å². The van der Waals surface area contributed by atoms with E-state index in [4.69, 9.17) is 10.5 Å². The predicted octanol–water partition coefficient (Wildman–Crippen LogP) is 1.20. The topological polar surface area (TPSA) is 102 Å². The molecule has 1 aliphatic rings. The summed E-state index contributed by atoms with van der Waals surface area (Å²) in [5, 5.41) is 12.1. The van der Waals surface area contributed by atoms with Crippen LogP contribution in [0.3, 0.4) is 0 Å². The molecular weight excluding hydrogens is 272 g/mol. The number of hydrogen-bond acceptors (Lipinski definition) is 4. The van der Waals surface area contributed by atoms with Gasteiger partial charge in [-0.25, -0.2) is 4.79 Å². The number of ether oxygens (including phenoxy) is 1. The zero-order valence-corrected chi connectivity index (χ0v) is 13.2. The van der Waals surface area contributed by atoms with E-state index < -0.39 is 24.2 Å². The normalized spacial score (nSPS) is 26.1. The second kappa shape index (κ2) is 7.56. The molecule has 6 heteroatoms. The Hall–Kier alpha value is -1.40. The lowest BCUT2D eigenvalue weighted by Crippen LogP contribution is -2.58. The van der Waals surface area contributed by atoms with Gasteiger partial charge in [-0.1, -0.05) is 13.8 Å². The van der Waals surface area contributed by atoms with E-state index in [1.807, 2.05) is 13.8 Å². The van der Waals surface area contributed by atoms with Gasteiger partial charge in [0, 0.05) is 18.5 Å². The molecule has 1 amide bonds. The van der Waals surface area contributed by atoms with Crippen LogP contribution in [0, 0.1) is 0 Å². The molecule has 4 N–H and O–H groups in total. The van der Waals surface area contributed by atoms with Crippen molar-refractivity contribution in [2.24, 2.45) is 5.73 Å². The largest absolute Gasteiger partial charge is 0.478 e. The SMILES string of the molecule is CCC(CC)O[C@@H]1C(C)=C(C(=O)O)C[C@H](N)[C@H]1NC(C)=O. The van der Waals surface area contributed by atoms with E-state index in [2.05, 4.69) is 5.32 Å². The molecule has 21 heavy (non-hydrogen) atoms. The number of carboxylic acid groups (broad SMARTS) is 1. The van der Waals surface area contributed by atoms with E-state index >= 15 is 0 Å². The number of aliphatic carboxylic acids is 1. The Labute approximate surface area is 125 Å². The van der Waals surface area contributed by atoms with E-state index in [1.165, 1.54) is 6.92 Å². The van der Waals surface area contributed by atoms with Crippen LogP contribution >= 0.6 is 0 Å². The first-order valence-electron chi connectivity index (χ1n) is 7.42. The monoisotopic (exact) mass is 298 g/mol. The molecule has 0 radical (unpaired) electrons. The second-order valence-electron chi connectivity index (χ2n) is 5.56. The molecule has 0 fully saturated rings. The number of nitrogens with one attached hydrogen (secondary N) is 1. The molecule has 0 saturated heterocycles. The van der Waals surface area contributed by atoms with Crippen molar-refractivity contribution in [3.8, 4) is 0 Å². The van der Waals surface area contributed by atoms with E-state index in [0.717, 1.165) is 12.8 Å². The van der Waals surface area contributed by atoms with Gasteiger partial charge >= 0.3 is 5.97 Å². The van der Waals surface area contributed by atoms with Gasteiger partial charge in [0.25, 0.3) is 0 Å². The van der Waals surface area contributed by atoms with E-state index in [1.54, 1.807) is 6.92 Å².